The SMILES string of the molecule is O=c1cc(-c2ccccc2)oc2c(-c3ccccc3)cc(-c3ccccc3)cc12. The van der Waals surface area contributed by atoms with Crippen LogP contribution >= 0.6 is 0 Å². The Bertz CT molecular complexity index is 1340. The fourth-order valence-corrected chi connectivity index (χ4v) is 3.63. The first-order valence-corrected chi connectivity index (χ1v) is 9.58. The van der Waals surface area contributed by atoms with Crippen molar-refractivity contribution in [3.63, 3.8) is 0 Å². The largest absolute Gasteiger partial charge is 0.455 e. The molecule has 0 aliphatic heterocycles. The Balaban J connectivity index is 1.84. The Labute approximate surface area is 168 Å². The molecule has 0 aliphatic rings. The van der Waals surface area contributed by atoms with Crippen molar-refractivity contribution in [2.24, 2.45) is 0 Å². The maximum Gasteiger partial charge on any atom is 0.193 e. The molecule has 5 aromatic rings. The molecular weight excluding hydrogens is 356 g/mol. The normalized spacial score (nSPS) is 10.9. The van der Waals surface area contributed by atoms with Crippen LogP contribution in [0.2, 0.25) is 0 Å². The summed E-state index contributed by atoms with van der Waals surface area (Å²) in [4.78, 5) is 13.1. The summed E-state index contributed by atoms with van der Waals surface area (Å²) in [6, 6.07) is 35.5. The molecule has 0 saturated heterocycles. The van der Waals surface area contributed by atoms with E-state index in [1.54, 1.807) is 6.07 Å². The highest BCUT2D eigenvalue weighted by Gasteiger charge is 2.14. The van der Waals surface area contributed by atoms with Crippen LogP contribution in [0.25, 0.3) is 44.5 Å². The van der Waals surface area contributed by atoms with E-state index in [2.05, 4.69) is 18.2 Å². The average Bonchev–Trinajstić information content (AvgIpc) is 2.80. The van der Waals surface area contributed by atoms with E-state index in [9.17, 15) is 4.79 Å². The van der Waals surface area contributed by atoms with E-state index in [1.807, 2.05) is 84.9 Å². The first kappa shape index (κ1) is 17.2. The van der Waals surface area contributed by atoms with Gasteiger partial charge in [-0.05, 0) is 28.8 Å². The third-order valence-electron chi connectivity index (χ3n) is 5.08. The zero-order valence-corrected chi connectivity index (χ0v) is 15.7. The summed E-state index contributed by atoms with van der Waals surface area (Å²) in [6.45, 7) is 0. The average molecular weight is 374 g/mol. The van der Waals surface area contributed by atoms with Crippen LogP contribution in [0.3, 0.4) is 0 Å². The molecule has 2 heteroatoms. The van der Waals surface area contributed by atoms with Crippen molar-refractivity contribution < 1.29 is 4.42 Å². The number of hydrogen-bond acceptors (Lipinski definition) is 2. The molecular formula is C27H18O2. The molecule has 0 radical (unpaired) electrons. The summed E-state index contributed by atoms with van der Waals surface area (Å²) in [5.74, 6) is 0.577. The summed E-state index contributed by atoms with van der Waals surface area (Å²) in [5, 5.41) is 0.588. The molecule has 1 heterocycles. The van der Waals surface area contributed by atoms with Crippen molar-refractivity contribution in [3.8, 4) is 33.6 Å². The van der Waals surface area contributed by atoms with Gasteiger partial charge >= 0.3 is 0 Å². The fraction of sp³-hybridized carbons (Fsp3) is 0. The van der Waals surface area contributed by atoms with Gasteiger partial charge in [0.25, 0.3) is 0 Å². The summed E-state index contributed by atoms with van der Waals surface area (Å²) in [7, 11) is 0. The summed E-state index contributed by atoms with van der Waals surface area (Å²) < 4.78 is 6.31. The second-order valence-corrected chi connectivity index (χ2v) is 6.97. The lowest BCUT2D eigenvalue weighted by Crippen LogP contribution is -2.02. The van der Waals surface area contributed by atoms with Crippen LogP contribution in [0.15, 0.2) is 118 Å². The number of rotatable bonds is 3. The van der Waals surface area contributed by atoms with Crippen LogP contribution in [0.5, 0.6) is 0 Å². The van der Waals surface area contributed by atoms with Gasteiger partial charge < -0.3 is 4.42 Å². The lowest BCUT2D eigenvalue weighted by Gasteiger charge is -2.11. The molecule has 0 bridgehead atoms. The number of fused-ring (bicyclic) bond motifs is 1. The van der Waals surface area contributed by atoms with Gasteiger partial charge in [-0.25, -0.2) is 0 Å². The van der Waals surface area contributed by atoms with E-state index < -0.39 is 0 Å². The van der Waals surface area contributed by atoms with Crippen molar-refractivity contribution in [2.75, 3.05) is 0 Å². The molecule has 1 aromatic heterocycles. The minimum atomic E-state index is -0.0416. The van der Waals surface area contributed by atoms with Crippen LogP contribution in [0.4, 0.5) is 0 Å². The molecule has 0 amide bonds. The molecule has 0 aliphatic carbocycles. The van der Waals surface area contributed by atoms with Crippen LogP contribution in [-0.4, -0.2) is 0 Å². The monoisotopic (exact) mass is 374 g/mol. The van der Waals surface area contributed by atoms with E-state index in [0.717, 1.165) is 27.8 Å². The van der Waals surface area contributed by atoms with Crippen molar-refractivity contribution in [2.45, 2.75) is 0 Å². The topological polar surface area (TPSA) is 30.2 Å². The Hall–Kier alpha value is -3.91. The van der Waals surface area contributed by atoms with Crippen molar-refractivity contribution in [1.29, 1.82) is 0 Å². The first-order valence-electron chi connectivity index (χ1n) is 9.58. The van der Waals surface area contributed by atoms with Crippen molar-refractivity contribution in [1.82, 2.24) is 0 Å². The smallest absolute Gasteiger partial charge is 0.193 e. The van der Waals surface area contributed by atoms with E-state index in [-0.39, 0.29) is 5.43 Å². The van der Waals surface area contributed by atoms with Crippen molar-refractivity contribution in [3.05, 3.63) is 119 Å². The molecule has 0 fully saturated rings. The lowest BCUT2D eigenvalue weighted by atomic mass is 9.96. The highest BCUT2D eigenvalue weighted by Crippen LogP contribution is 2.34. The van der Waals surface area contributed by atoms with Crippen LogP contribution in [0.1, 0.15) is 0 Å². The fourth-order valence-electron chi connectivity index (χ4n) is 3.63. The van der Waals surface area contributed by atoms with Crippen LogP contribution < -0.4 is 5.43 Å². The second-order valence-electron chi connectivity index (χ2n) is 6.97. The molecule has 4 aromatic carbocycles. The van der Waals surface area contributed by atoms with E-state index >= 15 is 0 Å². The van der Waals surface area contributed by atoms with Crippen LogP contribution in [0, 0.1) is 0 Å². The van der Waals surface area contributed by atoms with E-state index in [4.69, 9.17) is 4.42 Å². The molecule has 29 heavy (non-hydrogen) atoms. The minimum absolute atomic E-state index is 0.0416. The quantitative estimate of drug-likeness (QED) is 0.348. The molecule has 0 atom stereocenters. The predicted octanol–water partition coefficient (Wildman–Crippen LogP) is 6.79. The number of benzene rings is 4. The molecule has 2 nitrogen and oxygen atoms in total. The second kappa shape index (κ2) is 7.25. The van der Waals surface area contributed by atoms with Gasteiger partial charge in [0.1, 0.15) is 11.3 Å². The van der Waals surface area contributed by atoms with Gasteiger partial charge in [0.2, 0.25) is 0 Å². The van der Waals surface area contributed by atoms with Crippen LogP contribution in [-0.2, 0) is 0 Å². The first-order chi connectivity index (χ1) is 14.3. The highest BCUT2D eigenvalue weighted by molar-refractivity contribution is 5.96. The zero-order valence-electron chi connectivity index (χ0n) is 15.7. The summed E-state index contributed by atoms with van der Waals surface area (Å²) in [5.41, 5.74) is 5.45. The Morgan fingerprint density at radius 1 is 0.517 bits per heavy atom. The van der Waals surface area contributed by atoms with Gasteiger partial charge in [0.15, 0.2) is 5.43 Å². The Morgan fingerprint density at radius 2 is 1.07 bits per heavy atom. The zero-order chi connectivity index (χ0) is 19.6. The van der Waals surface area contributed by atoms with Gasteiger partial charge in [0, 0.05) is 17.2 Å². The van der Waals surface area contributed by atoms with E-state index in [1.165, 1.54) is 0 Å². The standard InChI is InChI=1S/C27H18O2/c28-25-18-26(21-14-8-3-9-15-21)29-27-23(20-12-6-2-7-13-20)16-22(17-24(25)27)19-10-4-1-5-11-19/h1-18H. The van der Waals surface area contributed by atoms with Gasteiger partial charge in [-0.3, -0.25) is 4.79 Å². The molecule has 0 saturated carbocycles. The van der Waals surface area contributed by atoms with E-state index in [0.29, 0.717) is 16.7 Å². The van der Waals surface area contributed by atoms with Crippen molar-refractivity contribution >= 4 is 11.0 Å². The predicted molar refractivity (Wildman–Crippen MR) is 119 cm³/mol. The molecule has 0 unspecified atom stereocenters. The maximum atomic E-state index is 13.1. The highest BCUT2D eigenvalue weighted by atomic mass is 16.3. The maximum absolute atomic E-state index is 13.1. The third-order valence-corrected chi connectivity index (χ3v) is 5.08. The molecule has 5 rings (SSSR count). The third kappa shape index (κ3) is 3.26. The minimum Gasteiger partial charge on any atom is -0.455 e. The molecule has 0 N–H and O–H groups in total. The van der Waals surface area contributed by atoms with Gasteiger partial charge in [-0.15, -0.1) is 0 Å². The lowest BCUT2D eigenvalue weighted by molar-refractivity contribution is 0.620. The summed E-state index contributed by atoms with van der Waals surface area (Å²) in [6.07, 6.45) is 0. The number of hydrogen-bond donors (Lipinski definition) is 0. The van der Waals surface area contributed by atoms with Gasteiger partial charge in [-0.2, -0.15) is 0 Å². The van der Waals surface area contributed by atoms with Gasteiger partial charge in [-0.1, -0.05) is 91.0 Å². The Kier molecular flexibility index (Phi) is 4.30. The molecule has 138 valence electrons. The van der Waals surface area contributed by atoms with Gasteiger partial charge in [0.05, 0.1) is 5.39 Å². The molecule has 0 spiro atoms. The Morgan fingerprint density at radius 3 is 1.69 bits per heavy atom. The summed E-state index contributed by atoms with van der Waals surface area (Å²) >= 11 is 0.